The van der Waals surface area contributed by atoms with Crippen LogP contribution >= 0.6 is 0 Å². The van der Waals surface area contributed by atoms with Crippen molar-refractivity contribution < 1.29 is 0 Å². The Morgan fingerprint density at radius 3 is 2.73 bits per heavy atom. The zero-order valence-corrected chi connectivity index (χ0v) is 7.88. The number of hydrogen-bond donors (Lipinski definition) is 0. The molecule has 0 aromatic rings. The highest BCUT2D eigenvalue weighted by atomic mass is 15.2. The van der Waals surface area contributed by atoms with E-state index >= 15 is 0 Å². The third kappa shape index (κ3) is 2.46. The Morgan fingerprint density at radius 2 is 2.27 bits per heavy atom. The molecule has 0 aromatic heterocycles. The molecular weight excluding hydrogens is 136 g/mol. The van der Waals surface area contributed by atoms with Gasteiger partial charge in [0.25, 0.3) is 0 Å². The molecule has 0 amide bonds. The molecule has 2 heteroatoms. The van der Waals surface area contributed by atoms with E-state index in [2.05, 4.69) is 37.4 Å². The maximum absolute atomic E-state index is 2.44. The van der Waals surface area contributed by atoms with Crippen LogP contribution in [0.25, 0.3) is 0 Å². The van der Waals surface area contributed by atoms with Gasteiger partial charge in [0, 0.05) is 25.7 Å². The first kappa shape index (κ1) is 9.01. The van der Waals surface area contributed by atoms with Gasteiger partial charge in [-0.3, -0.25) is 4.90 Å². The third-order valence-corrected chi connectivity index (χ3v) is 2.37. The quantitative estimate of drug-likeness (QED) is 0.604. The Labute approximate surface area is 70.2 Å². The molecule has 1 rings (SSSR count). The van der Waals surface area contributed by atoms with E-state index in [-0.39, 0.29) is 0 Å². The molecule has 65 valence electrons. The molecule has 1 atom stereocenters. The highest BCUT2D eigenvalue weighted by Gasteiger charge is 2.22. The van der Waals surface area contributed by atoms with Crippen molar-refractivity contribution >= 4 is 0 Å². The van der Waals surface area contributed by atoms with Gasteiger partial charge >= 0.3 is 0 Å². The summed E-state index contributed by atoms with van der Waals surface area (Å²) in [5.74, 6) is 0. The molecule has 1 radical (unpaired) electrons. The largest absolute Gasteiger partial charge is 0.305 e. The van der Waals surface area contributed by atoms with Gasteiger partial charge in [-0.15, -0.1) is 0 Å². The van der Waals surface area contributed by atoms with E-state index in [4.69, 9.17) is 0 Å². The monoisotopic (exact) mass is 155 g/mol. The Kier molecular flexibility index (Phi) is 3.34. The van der Waals surface area contributed by atoms with Crippen molar-refractivity contribution in [3.8, 4) is 0 Å². The molecule has 0 N–H and O–H groups in total. The molecule has 0 saturated carbocycles. The average Bonchev–Trinajstić information content (AvgIpc) is 2.37. The molecule has 11 heavy (non-hydrogen) atoms. The van der Waals surface area contributed by atoms with E-state index in [1.807, 2.05) is 0 Å². The summed E-state index contributed by atoms with van der Waals surface area (Å²) in [6.45, 7) is 6.98. The Hall–Kier alpha value is -0.0800. The fourth-order valence-corrected chi connectivity index (χ4v) is 1.61. The maximum atomic E-state index is 2.44. The zero-order chi connectivity index (χ0) is 8.27. The highest BCUT2D eigenvalue weighted by Crippen LogP contribution is 2.14. The molecule has 0 unspecified atom stereocenters. The summed E-state index contributed by atoms with van der Waals surface area (Å²) in [4.78, 5) is 4.76. The summed E-state index contributed by atoms with van der Waals surface area (Å²) in [6, 6.07) is 0.776. The predicted molar refractivity (Wildman–Crippen MR) is 48.3 cm³/mol. The van der Waals surface area contributed by atoms with Gasteiger partial charge in [0.05, 0.1) is 0 Å². The third-order valence-electron chi connectivity index (χ3n) is 2.37. The van der Waals surface area contributed by atoms with Crippen LogP contribution in [0.1, 0.15) is 19.8 Å². The number of nitrogens with zero attached hydrogens (tertiary/aromatic N) is 2. The topological polar surface area (TPSA) is 6.48 Å². The Bertz CT molecular complexity index is 112. The molecule has 0 aromatic carbocycles. The van der Waals surface area contributed by atoms with Gasteiger partial charge in [0.2, 0.25) is 0 Å². The molecular formula is C9H19N2. The minimum absolute atomic E-state index is 0.776. The van der Waals surface area contributed by atoms with Crippen molar-refractivity contribution in [3.63, 3.8) is 0 Å². The minimum atomic E-state index is 0.776. The molecule has 1 fully saturated rings. The van der Waals surface area contributed by atoms with Crippen LogP contribution in [0, 0.1) is 6.54 Å². The lowest BCUT2D eigenvalue weighted by molar-refractivity contribution is 0.287. The second kappa shape index (κ2) is 4.07. The van der Waals surface area contributed by atoms with Crippen molar-refractivity contribution in [3.05, 3.63) is 6.54 Å². The van der Waals surface area contributed by atoms with E-state index in [0.717, 1.165) is 6.04 Å². The van der Waals surface area contributed by atoms with Gasteiger partial charge < -0.3 is 4.90 Å². The zero-order valence-electron chi connectivity index (χ0n) is 7.88. The van der Waals surface area contributed by atoms with E-state index in [0.29, 0.717) is 0 Å². The summed E-state index contributed by atoms with van der Waals surface area (Å²) >= 11 is 0. The van der Waals surface area contributed by atoms with E-state index in [1.54, 1.807) is 0 Å². The molecule has 1 aliphatic heterocycles. The van der Waals surface area contributed by atoms with Crippen LogP contribution in [0.4, 0.5) is 0 Å². The molecule has 1 saturated heterocycles. The molecule has 0 spiro atoms. The molecule has 1 aliphatic rings. The Morgan fingerprint density at radius 1 is 1.55 bits per heavy atom. The first-order chi connectivity index (χ1) is 5.24. The first-order valence-corrected chi connectivity index (χ1v) is 4.48. The summed E-state index contributed by atoms with van der Waals surface area (Å²) in [5.41, 5.74) is 0. The normalized spacial score (nSPS) is 26.7. The highest BCUT2D eigenvalue weighted by molar-refractivity contribution is 4.83. The summed E-state index contributed by atoms with van der Waals surface area (Å²) < 4.78 is 0. The second-order valence-corrected chi connectivity index (χ2v) is 3.49. The van der Waals surface area contributed by atoms with Crippen LogP contribution in [-0.4, -0.2) is 43.0 Å². The van der Waals surface area contributed by atoms with E-state index in [9.17, 15) is 0 Å². The maximum Gasteiger partial charge on any atom is 0.0249 e. The number of likely N-dealkylation sites (N-methyl/N-ethyl adjacent to an activating group) is 1. The first-order valence-electron chi connectivity index (χ1n) is 4.48. The van der Waals surface area contributed by atoms with Gasteiger partial charge in [0.15, 0.2) is 0 Å². The number of likely N-dealkylation sites (tertiary alicyclic amines) is 1. The average molecular weight is 155 g/mol. The van der Waals surface area contributed by atoms with Crippen molar-refractivity contribution in [2.45, 2.75) is 25.8 Å². The van der Waals surface area contributed by atoms with Crippen molar-refractivity contribution in [2.75, 3.05) is 27.2 Å². The lowest BCUT2D eigenvalue weighted by Gasteiger charge is -2.19. The molecule has 2 nitrogen and oxygen atoms in total. The van der Waals surface area contributed by atoms with Gasteiger partial charge in [-0.05, 0) is 26.9 Å². The van der Waals surface area contributed by atoms with Gasteiger partial charge in [-0.1, -0.05) is 6.92 Å². The summed E-state index contributed by atoms with van der Waals surface area (Å²) in [6.07, 6.45) is 2.49. The van der Waals surface area contributed by atoms with Crippen molar-refractivity contribution in [1.82, 2.24) is 9.80 Å². The van der Waals surface area contributed by atoms with Crippen LogP contribution in [0.2, 0.25) is 0 Å². The SMILES string of the molecule is CC[CH]N1CC[C@@H](N(C)C)C1. The van der Waals surface area contributed by atoms with E-state index < -0.39 is 0 Å². The molecule has 1 heterocycles. The lowest BCUT2D eigenvalue weighted by atomic mass is 10.2. The summed E-state index contributed by atoms with van der Waals surface area (Å²) in [7, 11) is 4.33. The van der Waals surface area contributed by atoms with Gasteiger partial charge in [0.1, 0.15) is 0 Å². The Balaban J connectivity index is 2.23. The molecule has 0 bridgehead atoms. The fourth-order valence-electron chi connectivity index (χ4n) is 1.61. The van der Waals surface area contributed by atoms with Gasteiger partial charge in [-0.2, -0.15) is 0 Å². The number of rotatable bonds is 3. The van der Waals surface area contributed by atoms with Crippen molar-refractivity contribution in [2.24, 2.45) is 0 Å². The van der Waals surface area contributed by atoms with Crippen LogP contribution in [0.15, 0.2) is 0 Å². The van der Waals surface area contributed by atoms with Crippen LogP contribution in [-0.2, 0) is 0 Å². The molecule has 0 aliphatic carbocycles. The van der Waals surface area contributed by atoms with Crippen LogP contribution in [0.5, 0.6) is 0 Å². The predicted octanol–water partition coefficient (Wildman–Crippen LogP) is 1.19. The second-order valence-electron chi connectivity index (χ2n) is 3.49. The van der Waals surface area contributed by atoms with Crippen molar-refractivity contribution in [1.29, 1.82) is 0 Å². The lowest BCUT2D eigenvalue weighted by Crippen LogP contribution is -2.30. The van der Waals surface area contributed by atoms with Crippen LogP contribution in [0.3, 0.4) is 0 Å². The smallest absolute Gasteiger partial charge is 0.0249 e. The van der Waals surface area contributed by atoms with E-state index in [1.165, 1.54) is 25.9 Å². The summed E-state index contributed by atoms with van der Waals surface area (Å²) in [5, 5.41) is 0. The number of hydrogen-bond acceptors (Lipinski definition) is 2. The minimum Gasteiger partial charge on any atom is -0.305 e. The fraction of sp³-hybridized carbons (Fsp3) is 0.889. The van der Waals surface area contributed by atoms with Gasteiger partial charge in [-0.25, -0.2) is 0 Å². The standard InChI is InChI=1S/C9H19N2/c1-4-6-11-7-5-9(8-11)10(2)3/h6,9H,4-5,7-8H2,1-3H3/t9-/m1/s1. The van der Waals surface area contributed by atoms with Crippen LogP contribution < -0.4 is 0 Å².